The van der Waals surface area contributed by atoms with Crippen LogP contribution in [0.15, 0.2) is 59.5 Å². The average Bonchev–Trinajstić information content (AvgIpc) is 2.67. The van der Waals surface area contributed by atoms with Gasteiger partial charge >= 0.3 is 5.97 Å². The van der Waals surface area contributed by atoms with Crippen molar-refractivity contribution in [1.82, 2.24) is 4.90 Å². The van der Waals surface area contributed by atoms with E-state index in [1.54, 1.807) is 16.7 Å². The van der Waals surface area contributed by atoms with Crippen molar-refractivity contribution in [3.8, 4) is 0 Å². The van der Waals surface area contributed by atoms with Crippen LogP contribution in [-0.2, 0) is 10.5 Å². The van der Waals surface area contributed by atoms with Gasteiger partial charge in [0.15, 0.2) is 0 Å². The Morgan fingerprint density at radius 3 is 2.48 bits per heavy atom. The lowest BCUT2D eigenvalue weighted by atomic mass is 9.97. The predicted molar refractivity (Wildman–Crippen MR) is 98.7 cm³/mol. The van der Waals surface area contributed by atoms with E-state index in [0.29, 0.717) is 25.1 Å². The molecule has 5 heteroatoms. The van der Waals surface area contributed by atoms with E-state index in [-0.39, 0.29) is 5.91 Å². The number of carboxylic acid groups (broad SMARTS) is 1. The van der Waals surface area contributed by atoms with Gasteiger partial charge in [-0.1, -0.05) is 30.3 Å². The van der Waals surface area contributed by atoms with Gasteiger partial charge in [0, 0.05) is 29.3 Å². The van der Waals surface area contributed by atoms with Crippen molar-refractivity contribution >= 4 is 23.6 Å². The second-order valence-electron chi connectivity index (χ2n) is 6.23. The second kappa shape index (κ2) is 8.21. The van der Waals surface area contributed by atoms with E-state index >= 15 is 0 Å². The summed E-state index contributed by atoms with van der Waals surface area (Å²) in [6.45, 7) is 0.938. The summed E-state index contributed by atoms with van der Waals surface area (Å²) in [6.07, 6.45) is 1.39. The topological polar surface area (TPSA) is 57.6 Å². The standard InChI is InChI=1S/C20H21NO3S/c22-19(21-12-4-5-17(13-21)20(23)24)16-10-8-15(9-11-16)14-25-18-6-2-1-3-7-18/h1-3,6-11,17H,4-5,12-14H2,(H,23,24). The third-order valence-electron chi connectivity index (χ3n) is 4.41. The molecule has 1 heterocycles. The summed E-state index contributed by atoms with van der Waals surface area (Å²) in [6, 6.07) is 17.8. The molecule has 0 saturated carbocycles. The molecular weight excluding hydrogens is 334 g/mol. The van der Waals surface area contributed by atoms with Crippen LogP contribution >= 0.6 is 11.8 Å². The fraction of sp³-hybridized carbons (Fsp3) is 0.300. The minimum Gasteiger partial charge on any atom is -0.481 e. The maximum absolute atomic E-state index is 12.6. The number of hydrogen-bond donors (Lipinski definition) is 1. The van der Waals surface area contributed by atoms with Gasteiger partial charge in [0.2, 0.25) is 0 Å². The van der Waals surface area contributed by atoms with Gasteiger partial charge in [0.1, 0.15) is 0 Å². The summed E-state index contributed by atoms with van der Waals surface area (Å²) in [4.78, 5) is 26.6. The van der Waals surface area contributed by atoms with Crippen molar-refractivity contribution in [2.75, 3.05) is 13.1 Å². The van der Waals surface area contributed by atoms with Crippen LogP contribution < -0.4 is 0 Å². The Morgan fingerprint density at radius 1 is 1.08 bits per heavy atom. The van der Waals surface area contributed by atoms with Crippen LogP contribution in [-0.4, -0.2) is 35.0 Å². The number of benzene rings is 2. The van der Waals surface area contributed by atoms with E-state index in [9.17, 15) is 9.59 Å². The third kappa shape index (κ3) is 4.63. The van der Waals surface area contributed by atoms with Gasteiger partial charge in [-0.2, -0.15) is 0 Å². The van der Waals surface area contributed by atoms with Gasteiger partial charge < -0.3 is 10.0 Å². The molecule has 4 nitrogen and oxygen atoms in total. The number of carbonyl (C=O) groups is 2. The summed E-state index contributed by atoms with van der Waals surface area (Å²) in [5.41, 5.74) is 1.78. The molecule has 0 aromatic heterocycles. The maximum atomic E-state index is 12.6. The number of aliphatic carboxylic acids is 1. The van der Waals surface area contributed by atoms with Gasteiger partial charge in [0.25, 0.3) is 5.91 Å². The van der Waals surface area contributed by atoms with Crippen LogP contribution in [0.1, 0.15) is 28.8 Å². The summed E-state index contributed by atoms with van der Waals surface area (Å²) in [5, 5.41) is 9.16. The number of rotatable bonds is 5. The lowest BCUT2D eigenvalue weighted by Gasteiger charge is -2.30. The summed E-state index contributed by atoms with van der Waals surface area (Å²) >= 11 is 1.76. The molecule has 1 N–H and O–H groups in total. The quantitative estimate of drug-likeness (QED) is 0.826. The largest absolute Gasteiger partial charge is 0.481 e. The highest BCUT2D eigenvalue weighted by molar-refractivity contribution is 7.98. The van der Waals surface area contributed by atoms with E-state index in [0.717, 1.165) is 17.7 Å². The summed E-state index contributed by atoms with van der Waals surface area (Å²) < 4.78 is 0. The fourth-order valence-corrected chi connectivity index (χ4v) is 3.85. The van der Waals surface area contributed by atoms with Crippen LogP contribution in [0.4, 0.5) is 0 Å². The molecule has 1 aliphatic rings. The molecule has 1 atom stereocenters. The van der Waals surface area contributed by atoms with E-state index < -0.39 is 11.9 Å². The Hall–Kier alpha value is -2.27. The molecular formula is C20H21NO3S. The van der Waals surface area contributed by atoms with Crippen LogP contribution in [0.25, 0.3) is 0 Å². The highest BCUT2D eigenvalue weighted by atomic mass is 32.2. The number of amides is 1. The third-order valence-corrected chi connectivity index (χ3v) is 5.49. The minimum absolute atomic E-state index is 0.0757. The maximum Gasteiger partial charge on any atom is 0.308 e. The number of nitrogens with zero attached hydrogens (tertiary/aromatic N) is 1. The van der Waals surface area contributed by atoms with Gasteiger partial charge in [0.05, 0.1) is 5.92 Å². The monoisotopic (exact) mass is 355 g/mol. The normalized spacial score (nSPS) is 17.3. The Morgan fingerprint density at radius 2 is 1.80 bits per heavy atom. The van der Waals surface area contributed by atoms with E-state index in [2.05, 4.69) is 12.1 Å². The zero-order chi connectivity index (χ0) is 17.6. The number of carboxylic acids is 1. The zero-order valence-electron chi connectivity index (χ0n) is 13.9. The molecule has 0 bridgehead atoms. The van der Waals surface area contributed by atoms with Crippen molar-refractivity contribution in [2.45, 2.75) is 23.5 Å². The first kappa shape index (κ1) is 17.5. The van der Waals surface area contributed by atoms with Crippen LogP contribution in [0.5, 0.6) is 0 Å². The van der Waals surface area contributed by atoms with Crippen LogP contribution in [0, 0.1) is 5.92 Å². The average molecular weight is 355 g/mol. The highest BCUT2D eigenvalue weighted by Gasteiger charge is 2.28. The number of carbonyl (C=O) groups excluding carboxylic acids is 1. The molecule has 1 saturated heterocycles. The molecule has 3 rings (SSSR count). The van der Waals surface area contributed by atoms with E-state index in [1.807, 2.05) is 42.5 Å². The van der Waals surface area contributed by atoms with Crippen molar-refractivity contribution in [3.63, 3.8) is 0 Å². The molecule has 130 valence electrons. The van der Waals surface area contributed by atoms with Crippen molar-refractivity contribution in [2.24, 2.45) is 5.92 Å². The first-order valence-electron chi connectivity index (χ1n) is 8.42. The molecule has 25 heavy (non-hydrogen) atoms. The highest BCUT2D eigenvalue weighted by Crippen LogP contribution is 2.23. The molecule has 1 unspecified atom stereocenters. The zero-order valence-corrected chi connectivity index (χ0v) is 14.7. The second-order valence-corrected chi connectivity index (χ2v) is 7.28. The molecule has 2 aromatic rings. The van der Waals surface area contributed by atoms with Crippen LogP contribution in [0.2, 0.25) is 0 Å². The molecule has 0 aliphatic carbocycles. The lowest BCUT2D eigenvalue weighted by molar-refractivity contribution is -0.143. The molecule has 0 radical (unpaired) electrons. The van der Waals surface area contributed by atoms with Crippen molar-refractivity contribution in [1.29, 1.82) is 0 Å². The molecule has 1 aliphatic heterocycles. The first-order valence-corrected chi connectivity index (χ1v) is 9.41. The van der Waals surface area contributed by atoms with Gasteiger partial charge in [-0.05, 0) is 42.7 Å². The van der Waals surface area contributed by atoms with Crippen molar-refractivity contribution in [3.05, 3.63) is 65.7 Å². The van der Waals surface area contributed by atoms with Gasteiger partial charge in [-0.25, -0.2) is 0 Å². The van der Waals surface area contributed by atoms with E-state index in [1.165, 1.54) is 4.90 Å². The smallest absolute Gasteiger partial charge is 0.308 e. The number of piperidine rings is 1. The molecule has 2 aromatic carbocycles. The predicted octanol–water partition coefficient (Wildman–Crippen LogP) is 3.92. The SMILES string of the molecule is O=C(O)C1CCCN(C(=O)c2ccc(CSc3ccccc3)cc2)C1. The fourth-order valence-electron chi connectivity index (χ4n) is 2.97. The minimum atomic E-state index is -0.814. The lowest BCUT2D eigenvalue weighted by Crippen LogP contribution is -2.42. The Balaban J connectivity index is 1.59. The van der Waals surface area contributed by atoms with E-state index in [4.69, 9.17) is 5.11 Å². The summed E-state index contributed by atoms with van der Waals surface area (Å²) in [7, 11) is 0. The Bertz CT molecular complexity index is 730. The number of hydrogen-bond acceptors (Lipinski definition) is 3. The van der Waals surface area contributed by atoms with Crippen LogP contribution in [0.3, 0.4) is 0 Å². The van der Waals surface area contributed by atoms with Crippen molar-refractivity contribution < 1.29 is 14.7 Å². The Kier molecular flexibility index (Phi) is 5.76. The first-order chi connectivity index (χ1) is 12.1. The van der Waals surface area contributed by atoms with Gasteiger partial charge in [-0.3, -0.25) is 9.59 Å². The number of likely N-dealkylation sites (tertiary alicyclic amines) is 1. The molecule has 1 fully saturated rings. The number of thioether (sulfide) groups is 1. The molecule has 0 spiro atoms. The Labute approximate surface area is 151 Å². The summed E-state index contributed by atoms with van der Waals surface area (Å²) in [5.74, 6) is -0.484. The molecule has 1 amide bonds. The van der Waals surface area contributed by atoms with Gasteiger partial charge in [-0.15, -0.1) is 11.8 Å².